The number of hydrogen-bond acceptors (Lipinski definition) is 5. The molecule has 1 fully saturated rings. The van der Waals surface area contributed by atoms with Crippen LogP contribution in [0.15, 0.2) is 6.07 Å². The zero-order valence-electron chi connectivity index (χ0n) is 14.6. The smallest absolute Gasteiger partial charge is 0.408 e. The van der Waals surface area contributed by atoms with E-state index in [4.69, 9.17) is 4.74 Å². The van der Waals surface area contributed by atoms with Crippen LogP contribution in [0.3, 0.4) is 0 Å². The number of aromatic nitrogens is 2. The highest BCUT2D eigenvalue weighted by atomic mass is 19.3. The largest absolute Gasteiger partial charge is 0.467 e. The summed E-state index contributed by atoms with van der Waals surface area (Å²) in [5.74, 6) is -3.79. The van der Waals surface area contributed by atoms with Crippen molar-refractivity contribution in [2.24, 2.45) is 13.0 Å². The number of amides is 1. The Balaban J connectivity index is 1.92. The average Bonchev–Trinajstić information content (AvgIpc) is 2.88. The highest BCUT2D eigenvalue weighted by Crippen LogP contribution is 2.37. The Kier molecular flexibility index (Phi) is 5.97. The summed E-state index contributed by atoms with van der Waals surface area (Å²) in [7, 11) is 2.96. The van der Waals surface area contributed by atoms with E-state index >= 15 is 0 Å². The van der Waals surface area contributed by atoms with E-state index in [1.54, 1.807) is 17.8 Å². The highest BCUT2D eigenvalue weighted by molar-refractivity contribution is 5.81. The molecule has 0 bridgehead atoms. The van der Waals surface area contributed by atoms with Crippen molar-refractivity contribution < 1.29 is 27.8 Å². The number of alkyl carbamates (subject to hydrolysis) is 1. The normalized spacial score (nSPS) is 18.4. The molecular formula is C16H23F2N3O4. The summed E-state index contributed by atoms with van der Waals surface area (Å²) in [5.41, 5.74) is 1.48. The van der Waals surface area contributed by atoms with Gasteiger partial charge >= 0.3 is 12.1 Å². The molecule has 1 atom stereocenters. The van der Waals surface area contributed by atoms with Crippen molar-refractivity contribution in [1.29, 1.82) is 0 Å². The lowest BCUT2D eigenvalue weighted by Gasteiger charge is -2.32. The van der Waals surface area contributed by atoms with Crippen molar-refractivity contribution in [2.45, 2.75) is 51.2 Å². The number of carbonyl (C=O) groups excluding carboxylic acids is 2. The molecule has 1 amide bonds. The van der Waals surface area contributed by atoms with Crippen LogP contribution in [0.5, 0.6) is 0 Å². The summed E-state index contributed by atoms with van der Waals surface area (Å²) in [6, 6.07) is 0.771. The quantitative estimate of drug-likeness (QED) is 0.816. The molecule has 7 nitrogen and oxygen atoms in total. The topological polar surface area (TPSA) is 82.5 Å². The van der Waals surface area contributed by atoms with Gasteiger partial charge in [-0.1, -0.05) is 0 Å². The third kappa shape index (κ3) is 5.14. The van der Waals surface area contributed by atoms with Gasteiger partial charge < -0.3 is 14.8 Å². The fraction of sp³-hybridized carbons (Fsp3) is 0.688. The lowest BCUT2D eigenvalue weighted by atomic mass is 9.82. The van der Waals surface area contributed by atoms with Gasteiger partial charge in [-0.3, -0.25) is 4.68 Å². The summed E-state index contributed by atoms with van der Waals surface area (Å²) >= 11 is 0. The van der Waals surface area contributed by atoms with E-state index in [1.807, 2.05) is 6.92 Å². The van der Waals surface area contributed by atoms with Gasteiger partial charge in [0.2, 0.25) is 5.92 Å². The minimum atomic E-state index is -2.71. The lowest BCUT2D eigenvalue weighted by Crippen LogP contribution is -2.48. The number of rotatable bonds is 5. The van der Waals surface area contributed by atoms with Crippen LogP contribution in [0.25, 0.3) is 0 Å². The van der Waals surface area contributed by atoms with Crippen molar-refractivity contribution >= 4 is 12.1 Å². The first kappa shape index (κ1) is 19.1. The molecule has 25 heavy (non-hydrogen) atoms. The molecule has 1 N–H and O–H groups in total. The van der Waals surface area contributed by atoms with Gasteiger partial charge in [0.1, 0.15) is 18.3 Å². The summed E-state index contributed by atoms with van der Waals surface area (Å²) in [6.45, 7) is 1.81. The van der Waals surface area contributed by atoms with Gasteiger partial charge in [-0.05, 0) is 31.7 Å². The first-order valence-electron chi connectivity index (χ1n) is 8.10. The first-order chi connectivity index (χ1) is 11.7. The zero-order chi connectivity index (χ0) is 18.6. The zero-order valence-corrected chi connectivity index (χ0v) is 14.6. The van der Waals surface area contributed by atoms with Gasteiger partial charge in [0.25, 0.3) is 0 Å². The fourth-order valence-corrected chi connectivity index (χ4v) is 2.91. The molecule has 2 rings (SSSR count). The fourth-order valence-electron chi connectivity index (χ4n) is 2.91. The standard InChI is InChI=1S/C16H23F2N3O4/c1-10-8-12(20-21(10)2)9-25-15(23)19-13(14(22)24-3)11-4-6-16(17,18)7-5-11/h8,11,13H,4-7,9H2,1-3H3,(H,19,23)/t13-/m0/s1. The molecule has 1 aliphatic rings. The number of methoxy groups -OCH3 is 1. The maximum absolute atomic E-state index is 13.3. The number of carbonyl (C=O) groups is 2. The average molecular weight is 359 g/mol. The predicted molar refractivity (Wildman–Crippen MR) is 84.0 cm³/mol. The maximum Gasteiger partial charge on any atom is 0.408 e. The molecule has 0 unspecified atom stereocenters. The van der Waals surface area contributed by atoms with Crippen LogP contribution < -0.4 is 5.32 Å². The van der Waals surface area contributed by atoms with Crippen LogP contribution in [0.1, 0.15) is 37.1 Å². The monoisotopic (exact) mass is 359 g/mol. The third-order valence-corrected chi connectivity index (χ3v) is 4.48. The molecule has 0 saturated heterocycles. The lowest BCUT2D eigenvalue weighted by molar-refractivity contribution is -0.146. The number of nitrogens with zero attached hydrogens (tertiary/aromatic N) is 2. The van der Waals surface area contributed by atoms with Crippen LogP contribution in [0.4, 0.5) is 13.6 Å². The number of nitrogens with one attached hydrogen (secondary N) is 1. The molecule has 140 valence electrons. The highest BCUT2D eigenvalue weighted by Gasteiger charge is 2.40. The van der Waals surface area contributed by atoms with E-state index in [2.05, 4.69) is 15.2 Å². The third-order valence-electron chi connectivity index (χ3n) is 4.48. The molecule has 1 aromatic heterocycles. The van der Waals surface area contributed by atoms with Crippen molar-refractivity contribution in [3.05, 3.63) is 17.5 Å². The Bertz CT molecular complexity index is 603. The Hall–Kier alpha value is -2.19. The Morgan fingerprint density at radius 3 is 2.60 bits per heavy atom. The molecule has 0 spiro atoms. The number of halogens is 2. The summed E-state index contributed by atoms with van der Waals surface area (Å²) in [6.07, 6.45) is -1.17. The summed E-state index contributed by atoms with van der Waals surface area (Å²) in [4.78, 5) is 23.9. The second-order valence-corrected chi connectivity index (χ2v) is 6.32. The molecule has 0 aliphatic heterocycles. The van der Waals surface area contributed by atoms with Crippen LogP contribution in [0.2, 0.25) is 0 Å². The SMILES string of the molecule is COC(=O)[C@@H](NC(=O)OCc1cc(C)n(C)n1)C1CCC(F)(F)CC1. The first-order valence-corrected chi connectivity index (χ1v) is 8.10. The Morgan fingerprint density at radius 2 is 2.08 bits per heavy atom. The number of esters is 1. The minimum Gasteiger partial charge on any atom is -0.467 e. The molecule has 1 heterocycles. The van der Waals surface area contributed by atoms with Crippen molar-refractivity contribution in [2.75, 3.05) is 7.11 Å². The summed E-state index contributed by atoms with van der Waals surface area (Å²) in [5, 5.41) is 6.60. The van der Waals surface area contributed by atoms with Gasteiger partial charge in [0.05, 0.1) is 7.11 Å². The van der Waals surface area contributed by atoms with E-state index in [0.29, 0.717) is 5.69 Å². The van der Waals surface area contributed by atoms with E-state index < -0.39 is 29.9 Å². The predicted octanol–water partition coefficient (Wildman–Crippen LogP) is 2.32. The second kappa shape index (κ2) is 7.79. The Morgan fingerprint density at radius 1 is 1.44 bits per heavy atom. The van der Waals surface area contributed by atoms with Crippen molar-refractivity contribution in [3.63, 3.8) is 0 Å². The number of ether oxygens (including phenoxy) is 2. The summed E-state index contributed by atoms with van der Waals surface area (Å²) < 4.78 is 38.0. The number of aryl methyl sites for hydroxylation is 2. The van der Waals surface area contributed by atoms with Crippen LogP contribution in [-0.4, -0.2) is 40.9 Å². The molecule has 0 aromatic carbocycles. The number of hydrogen-bond donors (Lipinski definition) is 1. The maximum atomic E-state index is 13.3. The number of alkyl halides is 2. The molecule has 9 heteroatoms. The van der Waals surface area contributed by atoms with Crippen molar-refractivity contribution in [3.8, 4) is 0 Å². The van der Waals surface area contributed by atoms with Gasteiger partial charge in [-0.25, -0.2) is 18.4 Å². The van der Waals surface area contributed by atoms with E-state index in [9.17, 15) is 18.4 Å². The van der Waals surface area contributed by atoms with Crippen LogP contribution >= 0.6 is 0 Å². The molecule has 1 aliphatic carbocycles. The van der Waals surface area contributed by atoms with Gasteiger partial charge in [-0.2, -0.15) is 5.10 Å². The van der Waals surface area contributed by atoms with Crippen molar-refractivity contribution in [1.82, 2.24) is 15.1 Å². The van der Waals surface area contributed by atoms with Crippen LogP contribution in [0, 0.1) is 12.8 Å². The van der Waals surface area contributed by atoms with Gasteiger partial charge in [0.15, 0.2) is 0 Å². The van der Waals surface area contributed by atoms with E-state index in [1.165, 1.54) is 7.11 Å². The second-order valence-electron chi connectivity index (χ2n) is 6.32. The van der Waals surface area contributed by atoms with Gasteiger partial charge in [-0.15, -0.1) is 0 Å². The Labute approximate surface area is 144 Å². The van der Waals surface area contributed by atoms with Gasteiger partial charge in [0, 0.05) is 25.6 Å². The van der Waals surface area contributed by atoms with E-state index in [-0.39, 0.29) is 32.3 Å². The minimum absolute atomic E-state index is 0.0514. The molecule has 1 aromatic rings. The molecule has 0 radical (unpaired) electrons. The van der Waals surface area contributed by atoms with E-state index in [0.717, 1.165) is 5.69 Å². The molecular weight excluding hydrogens is 336 g/mol. The van der Waals surface area contributed by atoms with Crippen LogP contribution in [-0.2, 0) is 27.9 Å². The molecule has 1 saturated carbocycles.